The molecule has 5 rings (SSSR count). The van der Waals surface area contributed by atoms with Crippen molar-refractivity contribution in [3.63, 3.8) is 0 Å². The Labute approximate surface area is 204 Å². The molecule has 4 N–H and O–H groups in total. The monoisotopic (exact) mass is 464 g/mol. The third-order valence-corrected chi connectivity index (χ3v) is 6.09. The molecule has 1 amide bonds. The van der Waals surface area contributed by atoms with Crippen molar-refractivity contribution in [1.82, 2.24) is 15.3 Å². The molecule has 176 valence electrons. The molecule has 0 bridgehead atoms. The minimum Gasteiger partial charge on any atom is -0.382 e. The zero-order chi connectivity index (χ0) is 24.0. The van der Waals surface area contributed by atoms with Gasteiger partial charge in [-0.3, -0.25) is 4.79 Å². The molecule has 0 radical (unpaired) electrons. The number of para-hydroxylation sites is 1. The average Bonchev–Trinajstić information content (AvgIpc) is 2.90. The van der Waals surface area contributed by atoms with Crippen molar-refractivity contribution in [2.75, 3.05) is 29.0 Å². The molecule has 7 nitrogen and oxygen atoms in total. The molecule has 1 saturated heterocycles. The fourth-order valence-corrected chi connectivity index (χ4v) is 4.29. The Hall–Kier alpha value is -4.23. The van der Waals surface area contributed by atoms with E-state index in [1.165, 1.54) is 6.08 Å². The van der Waals surface area contributed by atoms with Crippen molar-refractivity contribution < 1.29 is 4.79 Å². The molecule has 0 spiro atoms. The van der Waals surface area contributed by atoms with Crippen LogP contribution in [0.15, 0.2) is 85.6 Å². The molecule has 1 aromatic heterocycles. The Balaban J connectivity index is 1.37. The van der Waals surface area contributed by atoms with Gasteiger partial charge in [-0.25, -0.2) is 9.97 Å². The van der Waals surface area contributed by atoms with Crippen LogP contribution < -0.4 is 21.3 Å². The first kappa shape index (κ1) is 22.6. The maximum atomic E-state index is 11.7. The quantitative estimate of drug-likeness (QED) is 0.277. The van der Waals surface area contributed by atoms with Crippen LogP contribution in [0.1, 0.15) is 12.8 Å². The second-order valence-corrected chi connectivity index (χ2v) is 8.58. The van der Waals surface area contributed by atoms with Crippen LogP contribution in [0.5, 0.6) is 0 Å². The highest BCUT2D eigenvalue weighted by molar-refractivity contribution is 6.00. The van der Waals surface area contributed by atoms with Gasteiger partial charge in [0.1, 0.15) is 0 Å². The Morgan fingerprint density at radius 3 is 2.54 bits per heavy atom. The van der Waals surface area contributed by atoms with Gasteiger partial charge in [0.25, 0.3) is 0 Å². The van der Waals surface area contributed by atoms with Crippen LogP contribution in [0, 0.1) is 0 Å². The van der Waals surface area contributed by atoms with Crippen LogP contribution in [0.3, 0.4) is 0 Å². The molecule has 2 heterocycles. The molecule has 0 unspecified atom stereocenters. The Bertz CT molecular complexity index is 1350. The van der Waals surface area contributed by atoms with E-state index in [0.29, 0.717) is 17.7 Å². The van der Waals surface area contributed by atoms with Gasteiger partial charge >= 0.3 is 0 Å². The van der Waals surface area contributed by atoms with Crippen LogP contribution in [0.4, 0.5) is 23.0 Å². The number of carbonyl (C=O) groups excluding carboxylic acids is 1. The zero-order valence-corrected chi connectivity index (χ0v) is 19.4. The number of nitrogens with zero attached hydrogens (tertiary/aromatic N) is 2. The summed E-state index contributed by atoms with van der Waals surface area (Å²) in [4.78, 5) is 21.0. The fourth-order valence-electron chi connectivity index (χ4n) is 4.29. The topological polar surface area (TPSA) is 91.0 Å². The van der Waals surface area contributed by atoms with E-state index in [0.717, 1.165) is 59.3 Å². The Morgan fingerprint density at radius 1 is 0.971 bits per heavy atom. The van der Waals surface area contributed by atoms with E-state index in [9.17, 15) is 4.79 Å². The highest BCUT2D eigenvalue weighted by Gasteiger charge is 2.12. The number of aromatic nitrogens is 2. The summed E-state index contributed by atoms with van der Waals surface area (Å²) < 4.78 is 0. The van der Waals surface area contributed by atoms with Gasteiger partial charge in [0.15, 0.2) is 0 Å². The summed E-state index contributed by atoms with van der Waals surface area (Å²) in [6.45, 7) is 5.64. The van der Waals surface area contributed by atoms with Gasteiger partial charge in [0.05, 0.1) is 5.52 Å². The average molecular weight is 465 g/mol. The Kier molecular flexibility index (Phi) is 6.68. The van der Waals surface area contributed by atoms with Crippen LogP contribution in [0.25, 0.3) is 22.0 Å². The van der Waals surface area contributed by atoms with Crippen molar-refractivity contribution in [3.8, 4) is 11.1 Å². The molecule has 1 fully saturated rings. The first-order chi connectivity index (χ1) is 17.2. The van der Waals surface area contributed by atoms with Crippen molar-refractivity contribution >= 4 is 39.8 Å². The van der Waals surface area contributed by atoms with Crippen molar-refractivity contribution in [2.45, 2.75) is 18.9 Å². The highest BCUT2D eigenvalue weighted by Crippen LogP contribution is 2.30. The molecule has 3 aromatic carbocycles. The number of piperidine rings is 1. The molecule has 0 aliphatic carbocycles. The predicted molar refractivity (Wildman–Crippen MR) is 143 cm³/mol. The number of benzene rings is 3. The normalized spacial score (nSPS) is 13.8. The van der Waals surface area contributed by atoms with Gasteiger partial charge < -0.3 is 21.3 Å². The van der Waals surface area contributed by atoms with E-state index in [1.807, 2.05) is 60.8 Å². The highest BCUT2D eigenvalue weighted by atomic mass is 16.1. The summed E-state index contributed by atoms with van der Waals surface area (Å²) in [6, 6.07) is 22.4. The first-order valence-corrected chi connectivity index (χ1v) is 11.8. The summed E-state index contributed by atoms with van der Waals surface area (Å²) in [6.07, 6.45) is 5.35. The van der Waals surface area contributed by atoms with E-state index >= 15 is 0 Å². The lowest BCUT2D eigenvalue weighted by molar-refractivity contribution is -0.111. The fraction of sp³-hybridized carbons (Fsp3) is 0.179. The van der Waals surface area contributed by atoms with E-state index in [-0.39, 0.29) is 5.91 Å². The lowest BCUT2D eigenvalue weighted by Gasteiger charge is -2.24. The van der Waals surface area contributed by atoms with Crippen molar-refractivity contribution in [3.05, 3.63) is 85.6 Å². The van der Waals surface area contributed by atoms with Crippen LogP contribution in [-0.4, -0.2) is 35.0 Å². The minimum absolute atomic E-state index is 0.245. The standard InChI is InChI=1S/C28H28N6O/c1-2-26(35)32-24-7-3-5-19(17-24)25-8-4-6-20-18-30-28(34-27(20)25)33-22-11-9-21(10-12-22)31-23-13-15-29-16-14-23/h2-12,17-18,23,29,31H,1,13-16H2,(H,32,35)(H,30,33,34). The van der Waals surface area contributed by atoms with Crippen LogP contribution in [-0.2, 0) is 4.79 Å². The van der Waals surface area contributed by atoms with E-state index < -0.39 is 0 Å². The number of hydrogen-bond donors (Lipinski definition) is 4. The zero-order valence-electron chi connectivity index (χ0n) is 19.4. The molecule has 1 aliphatic rings. The molecular weight excluding hydrogens is 436 g/mol. The van der Waals surface area contributed by atoms with Crippen LogP contribution in [0.2, 0.25) is 0 Å². The number of carbonyl (C=O) groups is 1. The first-order valence-electron chi connectivity index (χ1n) is 11.8. The Morgan fingerprint density at radius 2 is 1.74 bits per heavy atom. The SMILES string of the molecule is C=CC(=O)Nc1cccc(-c2cccc3cnc(Nc4ccc(NC5CCNCC5)cc4)nc23)c1. The third-order valence-electron chi connectivity index (χ3n) is 6.09. The molecule has 35 heavy (non-hydrogen) atoms. The number of rotatable bonds is 7. The molecule has 7 heteroatoms. The molecule has 0 atom stereocenters. The summed E-state index contributed by atoms with van der Waals surface area (Å²) >= 11 is 0. The van der Waals surface area contributed by atoms with Gasteiger partial charge in [0.2, 0.25) is 11.9 Å². The van der Waals surface area contributed by atoms with Gasteiger partial charge in [0, 0.05) is 40.3 Å². The van der Waals surface area contributed by atoms with E-state index in [1.54, 1.807) is 0 Å². The lowest BCUT2D eigenvalue weighted by atomic mass is 10.0. The largest absolute Gasteiger partial charge is 0.382 e. The minimum atomic E-state index is -0.245. The van der Waals surface area contributed by atoms with Gasteiger partial charge in [-0.15, -0.1) is 0 Å². The lowest BCUT2D eigenvalue weighted by Crippen LogP contribution is -2.35. The molecule has 1 aliphatic heterocycles. The van der Waals surface area contributed by atoms with Crippen molar-refractivity contribution in [2.24, 2.45) is 0 Å². The van der Waals surface area contributed by atoms with Crippen molar-refractivity contribution in [1.29, 1.82) is 0 Å². The summed E-state index contributed by atoms with van der Waals surface area (Å²) in [5.41, 5.74) is 5.50. The number of hydrogen-bond acceptors (Lipinski definition) is 6. The summed E-state index contributed by atoms with van der Waals surface area (Å²) in [5.74, 6) is 0.283. The van der Waals surface area contributed by atoms with Gasteiger partial charge in [-0.2, -0.15) is 0 Å². The maximum absolute atomic E-state index is 11.7. The van der Waals surface area contributed by atoms with E-state index in [2.05, 4.69) is 45.0 Å². The molecule has 0 saturated carbocycles. The number of anilines is 4. The molecule has 4 aromatic rings. The van der Waals surface area contributed by atoms with Gasteiger partial charge in [-0.05, 0) is 74.0 Å². The second kappa shape index (κ2) is 10.4. The summed E-state index contributed by atoms with van der Waals surface area (Å²) in [7, 11) is 0. The predicted octanol–water partition coefficient (Wildman–Crippen LogP) is 5.33. The number of nitrogens with one attached hydrogen (secondary N) is 4. The number of amides is 1. The van der Waals surface area contributed by atoms with E-state index in [4.69, 9.17) is 4.98 Å². The number of fused-ring (bicyclic) bond motifs is 1. The smallest absolute Gasteiger partial charge is 0.247 e. The molecular formula is C28H28N6O. The van der Waals surface area contributed by atoms with Crippen LogP contribution >= 0.6 is 0 Å². The third kappa shape index (κ3) is 5.47. The van der Waals surface area contributed by atoms with Gasteiger partial charge in [-0.1, -0.05) is 36.9 Å². The maximum Gasteiger partial charge on any atom is 0.247 e. The second-order valence-electron chi connectivity index (χ2n) is 8.58. The summed E-state index contributed by atoms with van der Waals surface area (Å²) in [5, 5.41) is 14.1.